The minimum atomic E-state index is 0.426. The van der Waals surface area contributed by atoms with Crippen LogP contribution in [0.15, 0.2) is 36.8 Å². The van der Waals surface area contributed by atoms with E-state index in [1.807, 2.05) is 25.4 Å². The van der Waals surface area contributed by atoms with Crippen LogP contribution in [-0.4, -0.2) is 47.4 Å². The van der Waals surface area contributed by atoms with Crippen molar-refractivity contribution in [3.63, 3.8) is 0 Å². The number of fused-ring (bicyclic) bond motifs is 1. The molecule has 0 unspecified atom stereocenters. The largest absolute Gasteiger partial charge is 0.492 e. The van der Waals surface area contributed by atoms with Crippen LogP contribution in [0.5, 0.6) is 5.75 Å². The Balaban J connectivity index is 1.45. The summed E-state index contributed by atoms with van der Waals surface area (Å²) in [6, 6.07) is 8.35. The number of anilines is 1. The molecular formula is C22H24N6O. The molecule has 3 aromatic heterocycles. The fraction of sp³-hybridized carbons (Fsp3) is 0.409. The van der Waals surface area contributed by atoms with Gasteiger partial charge in [0.15, 0.2) is 0 Å². The molecule has 7 nitrogen and oxygen atoms in total. The number of rotatable bonds is 4. The normalized spacial score (nSPS) is 17.9. The van der Waals surface area contributed by atoms with Gasteiger partial charge in [0.1, 0.15) is 17.6 Å². The zero-order valence-electron chi connectivity index (χ0n) is 16.6. The summed E-state index contributed by atoms with van der Waals surface area (Å²) in [6.45, 7) is 6.91. The second kappa shape index (κ2) is 7.05. The summed E-state index contributed by atoms with van der Waals surface area (Å²) in [6.07, 6.45) is 7.85. The first-order chi connectivity index (χ1) is 14.2. The lowest BCUT2D eigenvalue weighted by atomic mass is 9.74. The maximum absolute atomic E-state index is 9.48. The van der Waals surface area contributed by atoms with Crippen molar-refractivity contribution in [3.8, 4) is 22.9 Å². The predicted molar refractivity (Wildman–Crippen MR) is 111 cm³/mol. The van der Waals surface area contributed by atoms with Crippen LogP contribution >= 0.6 is 0 Å². The summed E-state index contributed by atoms with van der Waals surface area (Å²) >= 11 is 0. The molecule has 2 saturated heterocycles. The van der Waals surface area contributed by atoms with Crippen molar-refractivity contribution < 1.29 is 4.74 Å². The lowest BCUT2D eigenvalue weighted by Gasteiger charge is -2.53. The molecule has 0 saturated carbocycles. The smallest absolute Gasteiger partial charge is 0.138 e. The van der Waals surface area contributed by atoms with Crippen LogP contribution in [0.4, 0.5) is 5.82 Å². The number of nitrogens with zero attached hydrogens (tertiary/aromatic N) is 5. The van der Waals surface area contributed by atoms with Gasteiger partial charge < -0.3 is 15.0 Å². The summed E-state index contributed by atoms with van der Waals surface area (Å²) in [7, 11) is 0. The molecule has 3 aromatic rings. The van der Waals surface area contributed by atoms with Gasteiger partial charge in [0.2, 0.25) is 0 Å². The molecule has 0 amide bonds. The van der Waals surface area contributed by atoms with E-state index in [0.29, 0.717) is 17.6 Å². The summed E-state index contributed by atoms with van der Waals surface area (Å²) in [5.41, 5.74) is 3.60. The maximum atomic E-state index is 9.48. The van der Waals surface area contributed by atoms with Crippen molar-refractivity contribution in [1.29, 1.82) is 5.26 Å². The number of hydrogen-bond donors (Lipinski definition) is 1. The maximum Gasteiger partial charge on any atom is 0.138 e. The van der Waals surface area contributed by atoms with Gasteiger partial charge in [0.25, 0.3) is 0 Å². The second-order valence-electron chi connectivity index (χ2n) is 8.03. The van der Waals surface area contributed by atoms with Gasteiger partial charge in [-0.05, 0) is 44.5 Å². The number of nitrogens with one attached hydrogen (secondary N) is 1. The van der Waals surface area contributed by atoms with E-state index in [1.165, 1.54) is 12.8 Å². The third-order valence-electron chi connectivity index (χ3n) is 6.01. The van der Waals surface area contributed by atoms with Crippen LogP contribution in [0.25, 0.3) is 16.6 Å². The van der Waals surface area contributed by atoms with Gasteiger partial charge in [-0.25, -0.2) is 9.50 Å². The van der Waals surface area contributed by atoms with Crippen LogP contribution in [-0.2, 0) is 0 Å². The zero-order valence-corrected chi connectivity index (χ0v) is 16.6. The molecule has 29 heavy (non-hydrogen) atoms. The summed E-state index contributed by atoms with van der Waals surface area (Å²) < 4.78 is 7.40. The molecule has 1 N–H and O–H groups in total. The van der Waals surface area contributed by atoms with Crippen LogP contribution in [0.2, 0.25) is 0 Å². The summed E-state index contributed by atoms with van der Waals surface area (Å²) in [5.74, 6) is 1.73. The van der Waals surface area contributed by atoms with Gasteiger partial charge in [0, 0.05) is 42.4 Å². The molecule has 0 atom stereocenters. The highest BCUT2D eigenvalue weighted by Crippen LogP contribution is 2.39. The average Bonchev–Trinajstić information content (AvgIpc) is 3.15. The number of hydrogen-bond acceptors (Lipinski definition) is 6. The molecule has 0 bridgehead atoms. The molecule has 7 heteroatoms. The standard InChI is InChI=1S/C22H24N6O/c1-2-29-18-8-19(21-17(9-23)11-26-28(21)12-18)16-4-5-20(25-10-16)27-14-22(15-27)6-3-7-24-13-22/h4-5,8,10-12,24H,2-3,6-7,13-15H2,1H3. The average molecular weight is 388 g/mol. The molecule has 1 spiro atoms. The summed E-state index contributed by atoms with van der Waals surface area (Å²) in [5, 5.41) is 17.3. The second-order valence-corrected chi connectivity index (χ2v) is 8.03. The van der Waals surface area contributed by atoms with Gasteiger partial charge >= 0.3 is 0 Å². The lowest BCUT2D eigenvalue weighted by molar-refractivity contribution is 0.156. The number of nitriles is 1. The van der Waals surface area contributed by atoms with Crippen molar-refractivity contribution in [1.82, 2.24) is 19.9 Å². The first-order valence-corrected chi connectivity index (χ1v) is 10.2. The molecule has 5 rings (SSSR count). The Morgan fingerprint density at radius 1 is 1.31 bits per heavy atom. The Labute approximate surface area is 169 Å². The SMILES string of the molecule is CCOc1cc(-c2ccc(N3CC4(CCCNC4)C3)nc2)c2c(C#N)cnn2c1. The lowest BCUT2D eigenvalue weighted by Crippen LogP contribution is -2.62. The van der Waals surface area contributed by atoms with E-state index in [1.54, 1.807) is 10.7 Å². The Bertz CT molecular complexity index is 1070. The van der Waals surface area contributed by atoms with E-state index >= 15 is 0 Å². The molecule has 0 aliphatic carbocycles. The van der Waals surface area contributed by atoms with Crippen LogP contribution in [0.3, 0.4) is 0 Å². The highest BCUT2D eigenvalue weighted by atomic mass is 16.5. The number of ether oxygens (including phenoxy) is 1. The van der Waals surface area contributed by atoms with Crippen molar-refractivity contribution in [2.45, 2.75) is 19.8 Å². The van der Waals surface area contributed by atoms with Gasteiger partial charge in [-0.3, -0.25) is 0 Å². The Morgan fingerprint density at radius 2 is 2.21 bits per heavy atom. The number of pyridine rings is 2. The minimum Gasteiger partial charge on any atom is -0.492 e. The molecule has 148 valence electrons. The fourth-order valence-electron chi connectivity index (χ4n) is 4.60. The van der Waals surface area contributed by atoms with Crippen molar-refractivity contribution in [3.05, 3.63) is 42.4 Å². The van der Waals surface area contributed by atoms with E-state index < -0.39 is 0 Å². The van der Waals surface area contributed by atoms with Gasteiger partial charge in [-0.1, -0.05) is 0 Å². The van der Waals surface area contributed by atoms with E-state index in [-0.39, 0.29) is 0 Å². The molecule has 2 aliphatic heterocycles. The fourth-order valence-corrected chi connectivity index (χ4v) is 4.60. The van der Waals surface area contributed by atoms with Gasteiger partial charge in [-0.2, -0.15) is 10.4 Å². The topological polar surface area (TPSA) is 78.5 Å². The monoisotopic (exact) mass is 388 g/mol. The third kappa shape index (κ3) is 3.10. The van der Waals surface area contributed by atoms with E-state index in [0.717, 1.165) is 54.4 Å². The molecule has 0 aromatic carbocycles. The van der Waals surface area contributed by atoms with Crippen molar-refractivity contribution >= 4 is 11.3 Å². The Hall–Kier alpha value is -3.11. The number of piperidine rings is 1. The van der Waals surface area contributed by atoms with Gasteiger partial charge in [0.05, 0.1) is 30.1 Å². The molecule has 2 fully saturated rings. The number of aromatic nitrogens is 3. The molecular weight excluding hydrogens is 364 g/mol. The minimum absolute atomic E-state index is 0.426. The highest BCUT2D eigenvalue weighted by molar-refractivity contribution is 5.85. The third-order valence-corrected chi connectivity index (χ3v) is 6.01. The van der Waals surface area contributed by atoms with Crippen LogP contribution in [0, 0.1) is 16.7 Å². The van der Waals surface area contributed by atoms with E-state index in [2.05, 4.69) is 33.5 Å². The molecule has 0 radical (unpaired) electrons. The van der Waals surface area contributed by atoms with E-state index in [9.17, 15) is 5.26 Å². The van der Waals surface area contributed by atoms with Crippen LogP contribution in [0.1, 0.15) is 25.3 Å². The van der Waals surface area contributed by atoms with Crippen molar-refractivity contribution in [2.75, 3.05) is 37.7 Å². The first-order valence-electron chi connectivity index (χ1n) is 10.2. The Morgan fingerprint density at radius 3 is 2.90 bits per heavy atom. The summed E-state index contributed by atoms with van der Waals surface area (Å²) in [4.78, 5) is 7.08. The predicted octanol–water partition coefficient (Wildman–Crippen LogP) is 2.86. The Kier molecular flexibility index (Phi) is 4.36. The molecule has 5 heterocycles. The highest BCUT2D eigenvalue weighted by Gasteiger charge is 2.43. The van der Waals surface area contributed by atoms with Crippen LogP contribution < -0.4 is 15.0 Å². The van der Waals surface area contributed by atoms with Crippen molar-refractivity contribution in [2.24, 2.45) is 5.41 Å². The first kappa shape index (κ1) is 18.0. The van der Waals surface area contributed by atoms with E-state index in [4.69, 9.17) is 9.72 Å². The zero-order chi connectivity index (χ0) is 19.8. The van der Waals surface area contributed by atoms with Gasteiger partial charge in [-0.15, -0.1) is 0 Å². The quantitative estimate of drug-likeness (QED) is 0.740. The molecule has 2 aliphatic rings.